The summed E-state index contributed by atoms with van der Waals surface area (Å²) in [4.78, 5) is 9.78. The Balaban J connectivity index is 1.52. The summed E-state index contributed by atoms with van der Waals surface area (Å²) >= 11 is 1.01. The molecular formula is C18H21F3N4O2S. The van der Waals surface area contributed by atoms with Gasteiger partial charge in [0.25, 0.3) is 0 Å². The minimum absolute atomic E-state index is 0.387. The number of nitrogens with zero attached hydrogens (tertiary/aromatic N) is 3. The number of halogens is 3. The highest BCUT2D eigenvalue weighted by Gasteiger charge is 2.33. The molecule has 2 heterocycles. The molecule has 28 heavy (non-hydrogen) atoms. The Bertz CT molecular complexity index is 838. The third-order valence-corrected chi connectivity index (χ3v) is 4.97. The molecule has 152 valence electrons. The van der Waals surface area contributed by atoms with Crippen molar-refractivity contribution in [3.05, 3.63) is 39.8 Å². The second-order valence-corrected chi connectivity index (χ2v) is 7.12. The van der Waals surface area contributed by atoms with E-state index in [1.54, 1.807) is 7.05 Å². The van der Waals surface area contributed by atoms with Crippen LogP contribution in [0.3, 0.4) is 0 Å². The topological polar surface area (TPSA) is 59.0 Å². The lowest BCUT2D eigenvalue weighted by molar-refractivity contribution is -0.140. The van der Waals surface area contributed by atoms with E-state index in [1.807, 2.05) is 30.1 Å². The molecule has 3 rings (SSSR count). The minimum atomic E-state index is -4.40. The van der Waals surface area contributed by atoms with Crippen molar-refractivity contribution in [3.63, 3.8) is 0 Å². The summed E-state index contributed by atoms with van der Waals surface area (Å²) < 4.78 is 48.9. The molecule has 0 aliphatic carbocycles. The summed E-state index contributed by atoms with van der Waals surface area (Å²) in [7, 11) is 3.55. The summed E-state index contributed by atoms with van der Waals surface area (Å²) in [6, 6.07) is 5.78. The number of nitrogens with one attached hydrogen (secondary N) is 1. The Morgan fingerprint density at radius 1 is 1.29 bits per heavy atom. The van der Waals surface area contributed by atoms with Gasteiger partial charge in [0, 0.05) is 39.0 Å². The van der Waals surface area contributed by atoms with Crippen molar-refractivity contribution >= 4 is 17.3 Å². The number of hydrogen-bond acceptors (Lipinski definition) is 5. The summed E-state index contributed by atoms with van der Waals surface area (Å²) in [5.41, 5.74) is 0.192. The fraction of sp³-hybridized carbons (Fsp3) is 0.444. The van der Waals surface area contributed by atoms with E-state index in [2.05, 4.69) is 15.3 Å². The predicted molar refractivity (Wildman–Crippen MR) is 101 cm³/mol. The third-order valence-electron chi connectivity index (χ3n) is 4.06. The van der Waals surface area contributed by atoms with Crippen molar-refractivity contribution in [1.29, 1.82) is 0 Å². The van der Waals surface area contributed by atoms with Crippen LogP contribution >= 0.6 is 11.3 Å². The first-order valence-corrected chi connectivity index (χ1v) is 9.56. The fourth-order valence-electron chi connectivity index (χ4n) is 2.76. The number of guanidine groups is 1. The Hall–Kier alpha value is -2.49. The molecule has 6 nitrogen and oxygen atoms in total. The summed E-state index contributed by atoms with van der Waals surface area (Å²) in [6.45, 7) is 2.10. The number of aliphatic imine (C=N–C) groups is 1. The number of hydrogen-bond donors (Lipinski definition) is 1. The maximum atomic E-state index is 12.6. The molecule has 0 spiro atoms. The van der Waals surface area contributed by atoms with Gasteiger partial charge in [-0.15, -0.1) is 11.3 Å². The molecule has 0 bridgehead atoms. The Morgan fingerprint density at radius 2 is 2.04 bits per heavy atom. The van der Waals surface area contributed by atoms with Crippen LogP contribution in [-0.4, -0.2) is 49.7 Å². The first-order chi connectivity index (χ1) is 13.4. The van der Waals surface area contributed by atoms with Crippen molar-refractivity contribution in [2.45, 2.75) is 19.1 Å². The van der Waals surface area contributed by atoms with Gasteiger partial charge in [-0.05, 0) is 17.7 Å². The summed E-state index contributed by atoms with van der Waals surface area (Å²) in [6.07, 6.45) is -4.01. The van der Waals surface area contributed by atoms with E-state index in [9.17, 15) is 13.2 Å². The van der Waals surface area contributed by atoms with Gasteiger partial charge in [-0.3, -0.25) is 4.99 Å². The van der Waals surface area contributed by atoms with Crippen LogP contribution in [0, 0.1) is 0 Å². The zero-order valence-corrected chi connectivity index (χ0v) is 16.4. The first-order valence-electron chi connectivity index (χ1n) is 8.68. The smallest absolute Gasteiger partial charge is 0.434 e. The standard InChI is InChI=1S/C18H21F3N4O2S/c1-22-17(23-6-5-16-24-15(11-28-16)18(19,20)21)25(2)10-12-3-4-13-14(9-12)27-8-7-26-13/h3-4,9,11H,5-8,10H2,1-2H3,(H,22,23). The highest BCUT2D eigenvalue weighted by molar-refractivity contribution is 7.09. The van der Waals surface area contributed by atoms with E-state index in [0.29, 0.717) is 43.7 Å². The second-order valence-electron chi connectivity index (χ2n) is 6.18. The van der Waals surface area contributed by atoms with E-state index in [0.717, 1.165) is 33.8 Å². The van der Waals surface area contributed by atoms with E-state index in [4.69, 9.17) is 9.47 Å². The molecule has 0 amide bonds. The van der Waals surface area contributed by atoms with Crippen LogP contribution in [0.1, 0.15) is 16.3 Å². The Kier molecular flexibility index (Phi) is 6.28. The Morgan fingerprint density at radius 3 is 2.71 bits per heavy atom. The molecule has 1 N–H and O–H groups in total. The quantitative estimate of drug-likeness (QED) is 0.602. The molecule has 0 unspecified atom stereocenters. The van der Waals surface area contributed by atoms with Gasteiger partial charge in [0.05, 0.1) is 5.01 Å². The average molecular weight is 414 g/mol. The number of alkyl halides is 3. The van der Waals surface area contributed by atoms with Crippen molar-refractivity contribution in [3.8, 4) is 11.5 Å². The lowest BCUT2D eigenvalue weighted by Crippen LogP contribution is -2.39. The largest absolute Gasteiger partial charge is 0.486 e. The molecule has 0 saturated carbocycles. The van der Waals surface area contributed by atoms with Gasteiger partial charge >= 0.3 is 6.18 Å². The third kappa shape index (κ3) is 5.06. The lowest BCUT2D eigenvalue weighted by atomic mass is 10.2. The van der Waals surface area contributed by atoms with Crippen LogP contribution in [-0.2, 0) is 19.1 Å². The van der Waals surface area contributed by atoms with Crippen molar-refractivity contribution in [2.75, 3.05) is 33.9 Å². The molecule has 1 aromatic heterocycles. The Labute approximate surface area is 165 Å². The maximum Gasteiger partial charge on any atom is 0.434 e. The molecule has 0 saturated heterocycles. The van der Waals surface area contributed by atoms with E-state index in [1.165, 1.54) is 0 Å². The number of rotatable bonds is 5. The first kappa shape index (κ1) is 20.2. The summed E-state index contributed by atoms with van der Waals surface area (Å²) in [5, 5.41) is 4.63. The van der Waals surface area contributed by atoms with Crippen LogP contribution in [0.15, 0.2) is 28.6 Å². The van der Waals surface area contributed by atoms with E-state index < -0.39 is 11.9 Å². The van der Waals surface area contributed by atoms with Crippen LogP contribution in [0.2, 0.25) is 0 Å². The molecule has 0 fully saturated rings. The van der Waals surface area contributed by atoms with Crippen LogP contribution < -0.4 is 14.8 Å². The maximum absolute atomic E-state index is 12.6. The monoisotopic (exact) mass is 414 g/mol. The molecule has 1 aliphatic heterocycles. The number of aromatic nitrogens is 1. The van der Waals surface area contributed by atoms with Crippen LogP contribution in [0.25, 0.3) is 0 Å². The molecule has 10 heteroatoms. The number of thiazole rings is 1. The average Bonchev–Trinajstić information content (AvgIpc) is 3.14. The van der Waals surface area contributed by atoms with Crippen molar-refractivity contribution in [1.82, 2.24) is 15.2 Å². The molecule has 0 atom stereocenters. The number of ether oxygens (including phenoxy) is 2. The van der Waals surface area contributed by atoms with Crippen molar-refractivity contribution in [2.24, 2.45) is 4.99 Å². The van der Waals surface area contributed by atoms with Crippen molar-refractivity contribution < 1.29 is 22.6 Å². The second kappa shape index (κ2) is 8.68. The molecule has 1 aliphatic rings. The molecular weight excluding hydrogens is 393 g/mol. The van der Waals surface area contributed by atoms with Gasteiger partial charge in [-0.1, -0.05) is 6.07 Å². The fourth-order valence-corrected chi connectivity index (χ4v) is 3.56. The SMILES string of the molecule is CN=C(NCCc1nc(C(F)(F)F)cs1)N(C)Cc1ccc2c(c1)OCCO2. The van der Waals surface area contributed by atoms with Gasteiger partial charge in [0.2, 0.25) is 0 Å². The highest BCUT2D eigenvalue weighted by Crippen LogP contribution is 2.31. The van der Waals surface area contributed by atoms with Gasteiger partial charge in [0.1, 0.15) is 13.2 Å². The highest BCUT2D eigenvalue weighted by atomic mass is 32.1. The molecule has 0 radical (unpaired) electrons. The van der Waals surface area contributed by atoms with E-state index >= 15 is 0 Å². The van der Waals surface area contributed by atoms with Gasteiger partial charge < -0.3 is 19.7 Å². The number of benzene rings is 1. The normalized spacial score (nSPS) is 14.1. The number of fused-ring (bicyclic) bond motifs is 1. The van der Waals surface area contributed by atoms with E-state index in [-0.39, 0.29) is 0 Å². The van der Waals surface area contributed by atoms with Crippen LogP contribution in [0.4, 0.5) is 13.2 Å². The zero-order chi connectivity index (χ0) is 20.1. The summed E-state index contributed by atoms with van der Waals surface area (Å²) in [5.74, 6) is 2.11. The van der Waals surface area contributed by atoms with Crippen LogP contribution in [0.5, 0.6) is 11.5 Å². The van der Waals surface area contributed by atoms with Gasteiger partial charge in [-0.2, -0.15) is 13.2 Å². The van der Waals surface area contributed by atoms with Gasteiger partial charge in [0.15, 0.2) is 23.2 Å². The van der Waals surface area contributed by atoms with Gasteiger partial charge in [-0.25, -0.2) is 4.98 Å². The molecule has 2 aromatic rings. The zero-order valence-electron chi connectivity index (χ0n) is 15.5. The molecule has 1 aromatic carbocycles. The predicted octanol–water partition coefficient (Wildman–Crippen LogP) is 3.18. The lowest BCUT2D eigenvalue weighted by Gasteiger charge is -2.23. The minimum Gasteiger partial charge on any atom is -0.486 e.